The lowest BCUT2D eigenvalue weighted by molar-refractivity contribution is -0.137. The summed E-state index contributed by atoms with van der Waals surface area (Å²) in [6.45, 7) is 3.52. The van der Waals surface area contributed by atoms with Crippen molar-refractivity contribution in [1.82, 2.24) is 4.90 Å². The summed E-state index contributed by atoms with van der Waals surface area (Å²) in [7, 11) is 1.60. The molecule has 1 aliphatic heterocycles. The zero-order valence-electron chi connectivity index (χ0n) is 20.9. The first-order valence-electron chi connectivity index (χ1n) is 12.3. The van der Waals surface area contributed by atoms with E-state index in [-0.39, 0.29) is 17.8 Å². The second kappa shape index (κ2) is 12.8. The van der Waals surface area contributed by atoms with E-state index in [1.807, 2.05) is 29.2 Å². The summed E-state index contributed by atoms with van der Waals surface area (Å²) in [6, 6.07) is 20.4. The van der Waals surface area contributed by atoms with Crippen LogP contribution in [0.3, 0.4) is 0 Å². The number of amides is 1. The second-order valence-electron chi connectivity index (χ2n) is 8.96. The van der Waals surface area contributed by atoms with E-state index in [1.165, 1.54) is 16.3 Å². The Labute approximate surface area is 216 Å². The maximum atomic E-state index is 12.9. The van der Waals surface area contributed by atoms with Gasteiger partial charge in [0.2, 0.25) is 5.91 Å². The highest BCUT2D eigenvalue weighted by atomic mass is 32.2. The Kier molecular flexibility index (Phi) is 9.25. The number of morpholine rings is 1. The smallest absolute Gasteiger partial charge is 0.232 e. The van der Waals surface area contributed by atoms with Crippen LogP contribution in [0.25, 0.3) is 10.8 Å². The summed E-state index contributed by atoms with van der Waals surface area (Å²) in [5, 5.41) is 2.46. The summed E-state index contributed by atoms with van der Waals surface area (Å²) in [6.07, 6.45) is 0.976. The minimum Gasteiger partial charge on any atom is -0.493 e. The molecular weight excluding hydrogens is 474 g/mol. The Morgan fingerprint density at radius 2 is 1.92 bits per heavy atom. The molecule has 6 nitrogen and oxygen atoms in total. The Bertz CT molecular complexity index is 1190. The number of carbonyl (C=O) groups excluding carboxylic acids is 2. The molecule has 1 aliphatic rings. The number of methoxy groups -OCH3 is 1. The summed E-state index contributed by atoms with van der Waals surface area (Å²) in [5.41, 5.74) is 2.28. The summed E-state index contributed by atoms with van der Waals surface area (Å²) >= 11 is 1.65. The van der Waals surface area contributed by atoms with Crippen molar-refractivity contribution in [3.05, 3.63) is 71.8 Å². The molecule has 0 radical (unpaired) electrons. The molecule has 1 saturated heterocycles. The largest absolute Gasteiger partial charge is 0.493 e. The lowest BCUT2D eigenvalue weighted by Crippen LogP contribution is -2.48. The van der Waals surface area contributed by atoms with Gasteiger partial charge in [-0.2, -0.15) is 0 Å². The van der Waals surface area contributed by atoms with Crippen molar-refractivity contribution in [3.8, 4) is 11.5 Å². The Morgan fingerprint density at radius 1 is 1.08 bits per heavy atom. The van der Waals surface area contributed by atoms with Gasteiger partial charge in [0, 0.05) is 18.7 Å². The lowest BCUT2D eigenvalue weighted by Gasteiger charge is -2.33. The molecule has 1 fully saturated rings. The second-order valence-corrected chi connectivity index (χ2v) is 9.95. The molecule has 1 heterocycles. The Balaban J connectivity index is 1.26. The van der Waals surface area contributed by atoms with Crippen molar-refractivity contribution >= 4 is 34.2 Å². The van der Waals surface area contributed by atoms with Crippen molar-refractivity contribution < 1.29 is 23.8 Å². The van der Waals surface area contributed by atoms with Gasteiger partial charge in [-0.25, -0.2) is 0 Å². The van der Waals surface area contributed by atoms with Gasteiger partial charge in [-0.05, 0) is 47.4 Å². The zero-order valence-corrected chi connectivity index (χ0v) is 21.7. The monoisotopic (exact) mass is 507 g/mol. The Morgan fingerprint density at radius 3 is 2.75 bits per heavy atom. The third kappa shape index (κ3) is 7.02. The molecule has 0 N–H and O–H groups in total. The third-order valence-corrected chi connectivity index (χ3v) is 7.24. The van der Waals surface area contributed by atoms with Crippen molar-refractivity contribution in [2.24, 2.45) is 0 Å². The number of benzene rings is 3. The molecule has 190 valence electrons. The van der Waals surface area contributed by atoms with Crippen LogP contribution in [-0.2, 0) is 26.5 Å². The van der Waals surface area contributed by atoms with E-state index in [2.05, 4.69) is 36.4 Å². The third-order valence-electron chi connectivity index (χ3n) is 6.27. The SMILES string of the molecule is COc1cc(CCC(C)=O)ccc1OCC1CN(C(=O)CSCc2cccc3ccccc23)CCO1. The van der Waals surface area contributed by atoms with E-state index < -0.39 is 0 Å². The fourth-order valence-electron chi connectivity index (χ4n) is 4.29. The van der Waals surface area contributed by atoms with E-state index in [4.69, 9.17) is 14.2 Å². The summed E-state index contributed by atoms with van der Waals surface area (Å²) in [4.78, 5) is 26.0. The van der Waals surface area contributed by atoms with Gasteiger partial charge in [0.15, 0.2) is 11.5 Å². The first kappa shape index (κ1) is 26.0. The fraction of sp³-hybridized carbons (Fsp3) is 0.379. The normalized spacial score (nSPS) is 15.6. The topological polar surface area (TPSA) is 65.1 Å². The molecule has 7 heteroatoms. The molecule has 1 atom stereocenters. The van der Waals surface area contributed by atoms with Crippen LogP contribution < -0.4 is 9.47 Å². The number of Topliss-reactive ketones (excluding diaryl/α,β-unsaturated/α-hetero) is 1. The average Bonchev–Trinajstić information content (AvgIpc) is 2.91. The van der Waals surface area contributed by atoms with Crippen molar-refractivity contribution in [3.63, 3.8) is 0 Å². The highest BCUT2D eigenvalue weighted by Crippen LogP contribution is 2.29. The fourth-order valence-corrected chi connectivity index (χ4v) is 5.23. The number of carbonyl (C=O) groups is 2. The molecule has 0 saturated carbocycles. The number of hydrogen-bond acceptors (Lipinski definition) is 6. The molecule has 0 aliphatic carbocycles. The van der Waals surface area contributed by atoms with Crippen LogP contribution >= 0.6 is 11.8 Å². The van der Waals surface area contributed by atoms with Crippen LogP contribution in [-0.4, -0.2) is 61.9 Å². The van der Waals surface area contributed by atoms with Crippen LogP contribution in [0.4, 0.5) is 0 Å². The van der Waals surface area contributed by atoms with Gasteiger partial charge in [0.05, 0.1) is 26.0 Å². The van der Waals surface area contributed by atoms with Crippen LogP contribution in [0, 0.1) is 0 Å². The van der Waals surface area contributed by atoms with E-state index in [1.54, 1.807) is 25.8 Å². The van der Waals surface area contributed by atoms with Crippen molar-refractivity contribution in [2.45, 2.75) is 31.6 Å². The van der Waals surface area contributed by atoms with Crippen molar-refractivity contribution in [1.29, 1.82) is 0 Å². The van der Waals surface area contributed by atoms with Gasteiger partial charge in [-0.15, -0.1) is 11.8 Å². The maximum Gasteiger partial charge on any atom is 0.232 e. The molecule has 0 aromatic heterocycles. The Hall–Kier alpha value is -3.03. The number of ether oxygens (including phenoxy) is 3. The van der Waals surface area contributed by atoms with Gasteiger partial charge >= 0.3 is 0 Å². The standard InChI is InChI=1S/C29H33NO5S/c1-21(31)10-11-22-12-13-27(28(16-22)33-2)35-18-25-17-30(14-15-34-25)29(32)20-36-19-24-8-5-7-23-6-3-4-9-26(23)24/h3-9,12-13,16,25H,10-11,14-15,17-20H2,1-2H3. The van der Waals surface area contributed by atoms with Gasteiger partial charge in [0.25, 0.3) is 0 Å². The van der Waals surface area contributed by atoms with Crippen molar-refractivity contribution in [2.75, 3.05) is 39.2 Å². The minimum absolute atomic E-state index is 0.126. The molecular formula is C29H33NO5S. The number of ketones is 1. The van der Waals surface area contributed by atoms with E-state index in [9.17, 15) is 9.59 Å². The van der Waals surface area contributed by atoms with Gasteiger partial charge in [-0.3, -0.25) is 4.79 Å². The van der Waals surface area contributed by atoms with Crippen LogP contribution in [0.1, 0.15) is 24.5 Å². The number of hydrogen-bond donors (Lipinski definition) is 0. The molecule has 3 aromatic rings. The molecule has 3 aromatic carbocycles. The van der Waals surface area contributed by atoms with E-state index in [0.29, 0.717) is 56.4 Å². The first-order valence-corrected chi connectivity index (χ1v) is 13.4. The number of nitrogens with zero attached hydrogens (tertiary/aromatic N) is 1. The van der Waals surface area contributed by atoms with Gasteiger partial charge in [-0.1, -0.05) is 48.5 Å². The molecule has 36 heavy (non-hydrogen) atoms. The number of rotatable bonds is 11. The maximum absolute atomic E-state index is 12.9. The van der Waals surface area contributed by atoms with Crippen LogP contribution in [0.2, 0.25) is 0 Å². The zero-order chi connectivity index (χ0) is 25.3. The van der Waals surface area contributed by atoms with E-state index >= 15 is 0 Å². The molecule has 4 rings (SSSR count). The highest BCUT2D eigenvalue weighted by Gasteiger charge is 2.25. The van der Waals surface area contributed by atoms with Gasteiger partial charge in [0.1, 0.15) is 18.5 Å². The van der Waals surface area contributed by atoms with E-state index in [0.717, 1.165) is 11.3 Å². The molecule has 0 spiro atoms. The predicted octanol–water partition coefficient (Wildman–Crippen LogP) is 4.91. The van der Waals surface area contributed by atoms with Gasteiger partial charge < -0.3 is 23.9 Å². The highest BCUT2D eigenvalue weighted by molar-refractivity contribution is 7.99. The van der Waals surface area contributed by atoms with Crippen LogP contribution in [0.5, 0.6) is 11.5 Å². The molecule has 1 amide bonds. The van der Waals surface area contributed by atoms with Crippen LogP contribution in [0.15, 0.2) is 60.7 Å². The quantitative estimate of drug-likeness (QED) is 0.368. The molecule has 0 bridgehead atoms. The minimum atomic E-state index is -0.201. The number of fused-ring (bicyclic) bond motifs is 1. The first-order chi connectivity index (χ1) is 17.5. The average molecular weight is 508 g/mol. The predicted molar refractivity (Wildman–Crippen MR) is 144 cm³/mol. The summed E-state index contributed by atoms with van der Waals surface area (Å²) < 4.78 is 17.3. The number of aryl methyl sites for hydroxylation is 1. The number of thioether (sulfide) groups is 1. The summed E-state index contributed by atoms with van der Waals surface area (Å²) in [5.74, 6) is 2.78. The lowest BCUT2D eigenvalue weighted by atomic mass is 10.1. The molecule has 1 unspecified atom stereocenters.